The second-order valence-corrected chi connectivity index (χ2v) is 5.93. The Kier molecular flexibility index (Phi) is 3.95. The molecule has 1 unspecified atom stereocenters. The molecule has 2 N–H and O–H groups in total. The normalized spacial score (nSPS) is 20.3. The van der Waals surface area contributed by atoms with Gasteiger partial charge in [-0.15, -0.1) is 0 Å². The van der Waals surface area contributed by atoms with E-state index in [4.69, 9.17) is 0 Å². The molecule has 3 rings (SSSR count). The Morgan fingerprint density at radius 2 is 1.83 bits per heavy atom. The van der Waals surface area contributed by atoms with Crippen LogP contribution in [0.15, 0.2) is 73.2 Å². The molecule has 118 valence electrons. The summed E-state index contributed by atoms with van der Waals surface area (Å²) < 4.78 is 14.6. The maximum absolute atomic E-state index is 14.6. The molecule has 1 aliphatic heterocycles. The van der Waals surface area contributed by atoms with Crippen LogP contribution in [0.4, 0.5) is 4.39 Å². The second kappa shape index (κ2) is 5.92. The third kappa shape index (κ3) is 2.74. The molecule has 2 nitrogen and oxygen atoms in total. The lowest BCUT2D eigenvalue weighted by molar-refractivity contribution is 0.454. The Hall–Kier alpha value is -2.55. The number of hydrogen-bond donors (Lipinski definition) is 2. The van der Waals surface area contributed by atoms with Gasteiger partial charge in [-0.1, -0.05) is 62.5 Å². The Morgan fingerprint density at radius 1 is 1.09 bits per heavy atom. The lowest BCUT2D eigenvalue weighted by Crippen LogP contribution is -2.36. The number of rotatable bonds is 4. The van der Waals surface area contributed by atoms with Gasteiger partial charge in [0.2, 0.25) is 0 Å². The minimum atomic E-state index is -0.497. The average Bonchev–Trinajstić information content (AvgIpc) is 2.85. The molecule has 2 aromatic rings. The van der Waals surface area contributed by atoms with Crippen molar-refractivity contribution in [2.75, 3.05) is 0 Å². The molecule has 0 radical (unpaired) electrons. The van der Waals surface area contributed by atoms with E-state index in [1.54, 1.807) is 6.07 Å². The Balaban J connectivity index is 1.93. The number of halogens is 1. The van der Waals surface area contributed by atoms with Crippen LogP contribution < -0.4 is 10.6 Å². The minimum Gasteiger partial charge on any atom is -0.357 e. The molecule has 23 heavy (non-hydrogen) atoms. The van der Waals surface area contributed by atoms with E-state index in [2.05, 4.69) is 23.8 Å². The van der Waals surface area contributed by atoms with Crippen LogP contribution in [0.25, 0.3) is 0 Å². The van der Waals surface area contributed by atoms with Gasteiger partial charge in [0.15, 0.2) is 0 Å². The molecule has 0 aliphatic carbocycles. The average molecular weight is 308 g/mol. The van der Waals surface area contributed by atoms with E-state index in [0.717, 1.165) is 23.2 Å². The minimum absolute atomic E-state index is 0.189. The van der Waals surface area contributed by atoms with Gasteiger partial charge in [0.05, 0.1) is 5.82 Å². The van der Waals surface area contributed by atoms with Crippen LogP contribution in [0.2, 0.25) is 0 Å². The van der Waals surface area contributed by atoms with Crippen LogP contribution in [0.3, 0.4) is 0 Å². The zero-order valence-electron chi connectivity index (χ0n) is 13.3. The lowest BCUT2D eigenvalue weighted by Gasteiger charge is -2.29. The highest BCUT2D eigenvalue weighted by molar-refractivity contribution is 5.42. The van der Waals surface area contributed by atoms with Crippen molar-refractivity contribution in [1.29, 1.82) is 0 Å². The van der Waals surface area contributed by atoms with Gasteiger partial charge in [-0.25, -0.2) is 4.39 Å². The summed E-state index contributed by atoms with van der Waals surface area (Å²) >= 11 is 0. The zero-order valence-corrected chi connectivity index (χ0v) is 13.3. The summed E-state index contributed by atoms with van der Waals surface area (Å²) in [5, 5.41) is 6.42. The molecule has 0 aromatic heterocycles. The van der Waals surface area contributed by atoms with Gasteiger partial charge in [-0.2, -0.15) is 0 Å². The van der Waals surface area contributed by atoms with Crippen LogP contribution in [-0.4, -0.2) is 0 Å². The van der Waals surface area contributed by atoms with Gasteiger partial charge in [-0.3, -0.25) is 0 Å². The van der Waals surface area contributed by atoms with E-state index >= 15 is 0 Å². The largest absolute Gasteiger partial charge is 0.357 e. The summed E-state index contributed by atoms with van der Waals surface area (Å²) in [7, 11) is 0. The Morgan fingerprint density at radius 3 is 2.39 bits per heavy atom. The van der Waals surface area contributed by atoms with Crippen molar-refractivity contribution in [1.82, 2.24) is 10.6 Å². The first kappa shape index (κ1) is 15.3. The van der Waals surface area contributed by atoms with Crippen LogP contribution in [0.5, 0.6) is 0 Å². The summed E-state index contributed by atoms with van der Waals surface area (Å²) in [6.07, 6.45) is 1.35. The Labute approximate surface area is 136 Å². The first-order valence-electron chi connectivity index (χ1n) is 7.81. The molecule has 1 atom stereocenters. The molecule has 1 heterocycles. The molecule has 0 saturated carbocycles. The summed E-state index contributed by atoms with van der Waals surface area (Å²) in [5.41, 5.74) is 2.97. The van der Waals surface area contributed by atoms with E-state index in [1.807, 2.05) is 49.4 Å². The summed E-state index contributed by atoms with van der Waals surface area (Å²) in [5.74, 6) is 0.511. The van der Waals surface area contributed by atoms with Crippen molar-refractivity contribution in [2.45, 2.75) is 25.3 Å². The van der Waals surface area contributed by atoms with E-state index < -0.39 is 5.54 Å². The van der Waals surface area contributed by atoms with Crippen LogP contribution in [-0.2, 0) is 12.0 Å². The Bertz CT molecular complexity index is 751. The predicted octanol–water partition coefficient (Wildman–Crippen LogP) is 4.20. The summed E-state index contributed by atoms with van der Waals surface area (Å²) in [6, 6.07) is 15.4. The number of benzene rings is 2. The highest BCUT2D eigenvalue weighted by atomic mass is 19.1. The monoisotopic (exact) mass is 308 g/mol. The van der Waals surface area contributed by atoms with Crippen molar-refractivity contribution in [3.05, 3.63) is 95.7 Å². The van der Waals surface area contributed by atoms with Gasteiger partial charge >= 0.3 is 0 Å². The van der Waals surface area contributed by atoms with E-state index in [1.165, 1.54) is 0 Å². The third-order valence-electron chi connectivity index (χ3n) is 4.49. The van der Waals surface area contributed by atoms with Crippen molar-refractivity contribution in [3.63, 3.8) is 0 Å². The standard InChI is InChI=1S/C20H21FN2/c1-4-20(14(2)22-15(3)23-20)18-11-10-17(19(21)13-18)12-16-8-6-5-7-9-16/h5-11,13,22-23H,2-4,12H2,1H3. The molecule has 2 aromatic carbocycles. The SMILES string of the molecule is C=C1NC(=C)C(CC)(c2ccc(Cc3ccccc3)c(F)c2)N1. The number of hydrogen-bond acceptors (Lipinski definition) is 2. The fraction of sp³-hybridized carbons (Fsp3) is 0.200. The fourth-order valence-corrected chi connectivity index (χ4v) is 3.18. The smallest absolute Gasteiger partial charge is 0.127 e. The van der Waals surface area contributed by atoms with Gasteiger partial charge < -0.3 is 10.6 Å². The fourth-order valence-electron chi connectivity index (χ4n) is 3.18. The van der Waals surface area contributed by atoms with Crippen molar-refractivity contribution >= 4 is 0 Å². The first-order valence-corrected chi connectivity index (χ1v) is 7.81. The zero-order chi connectivity index (χ0) is 16.4. The first-order chi connectivity index (χ1) is 11.0. The van der Waals surface area contributed by atoms with Gasteiger partial charge in [0.1, 0.15) is 11.4 Å². The lowest BCUT2D eigenvalue weighted by atomic mass is 9.84. The maximum atomic E-state index is 14.6. The molecule has 3 heteroatoms. The topological polar surface area (TPSA) is 24.1 Å². The van der Waals surface area contributed by atoms with Gasteiger partial charge in [0, 0.05) is 12.1 Å². The molecule has 0 amide bonds. The van der Waals surface area contributed by atoms with E-state index in [0.29, 0.717) is 17.8 Å². The van der Waals surface area contributed by atoms with Crippen LogP contribution in [0, 0.1) is 5.82 Å². The number of nitrogens with one attached hydrogen (secondary N) is 2. The van der Waals surface area contributed by atoms with Crippen molar-refractivity contribution < 1.29 is 4.39 Å². The molecular formula is C20H21FN2. The molecule has 1 saturated heterocycles. The maximum Gasteiger partial charge on any atom is 0.127 e. The summed E-state index contributed by atoms with van der Waals surface area (Å²) in [6.45, 7) is 10.0. The quantitative estimate of drug-likeness (QED) is 0.884. The third-order valence-corrected chi connectivity index (χ3v) is 4.49. The van der Waals surface area contributed by atoms with Crippen molar-refractivity contribution in [2.24, 2.45) is 0 Å². The summed E-state index contributed by atoms with van der Waals surface area (Å²) in [4.78, 5) is 0. The predicted molar refractivity (Wildman–Crippen MR) is 92.2 cm³/mol. The van der Waals surface area contributed by atoms with Crippen molar-refractivity contribution in [3.8, 4) is 0 Å². The highest BCUT2D eigenvalue weighted by Crippen LogP contribution is 2.36. The van der Waals surface area contributed by atoms with Crippen LogP contribution >= 0.6 is 0 Å². The van der Waals surface area contributed by atoms with E-state index in [9.17, 15) is 4.39 Å². The second-order valence-electron chi connectivity index (χ2n) is 5.93. The molecular weight excluding hydrogens is 287 g/mol. The molecule has 0 bridgehead atoms. The molecule has 1 aliphatic rings. The molecule has 0 spiro atoms. The highest BCUT2D eigenvalue weighted by Gasteiger charge is 2.39. The van der Waals surface area contributed by atoms with E-state index in [-0.39, 0.29) is 5.82 Å². The van der Waals surface area contributed by atoms with Gasteiger partial charge in [0.25, 0.3) is 0 Å². The van der Waals surface area contributed by atoms with Gasteiger partial charge in [-0.05, 0) is 29.2 Å². The van der Waals surface area contributed by atoms with Crippen LogP contribution in [0.1, 0.15) is 30.0 Å². The molecule has 1 fully saturated rings.